The number of rotatable bonds is 3. The highest BCUT2D eigenvalue weighted by atomic mass is 16.5. The van der Waals surface area contributed by atoms with Crippen LogP contribution in [0.3, 0.4) is 0 Å². The number of hydrogen-bond donors (Lipinski definition) is 1. The molecule has 3 heteroatoms. The smallest absolute Gasteiger partial charge is 0.120 e. The van der Waals surface area contributed by atoms with Crippen molar-refractivity contribution in [2.45, 2.75) is 37.9 Å². The van der Waals surface area contributed by atoms with Gasteiger partial charge in [-0.05, 0) is 37.5 Å². The Morgan fingerprint density at radius 2 is 2.16 bits per heavy atom. The molecule has 0 aromatic heterocycles. The van der Waals surface area contributed by atoms with Crippen molar-refractivity contribution in [3.8, 4) is 17.6 Å². The van der Waals surface area contributed by atoms with Crippen LogP contribution in [0, 0.1) is 11.8 Å². The van der Waals surface area contributed by atoms with E-state index in [0.717, 1.165) is 37.0 Å². The number of aliphatic hydroxyl groups excluding tert-OH is 1. The van der Waals surface area contributed by atoms with Crippen LogP contribution in [0.2, 0.25) is 0 Å². The van der Waals surface area contributed by atoms with Crippen molar-refractivity contribution in [2.24, 2.45) is 0 Å². The summed E-state index contributed by atoms with van der Waals surface area (Å²) in [7, 11) is 1.76. The highest BCUT2D eigenvalue weighted by Crippen LogP contribution is 2.25. The Hall–Kier alpha value is -1.50. The highest BCUT2D eigenvalue weighted by molar-refractivity contribution is 5.39. The number of ether oxygens (including phenoxy) is 2. The summed E-state index contributed by atoms with van der Waals surface area (Å²) in [6, 6.07) is 7.70. The van der Waals surface area contributed by atoms with Crippen LogP contribution in [-0.4, -0.2) is 31.0 Å². The van der Waals surface area contributed by atoms with E-state index in [4.69, 9.17) is 14.6 Å². The number of benzene rings is 1. The van der Waals surface area contributed by atoms with Crippen molar-refractivity contribution < 1.29 is 14.6 Å². The average Bonchev–Trinajstić information content (AvgIpc) is 2.46. The molecule has 0 radical (unpaired) electrons. The van der Waals surface area contributed by atoms with Crippen molar-refractivity contribution in [3.05, 3.63) is 29.8 Å². The zero-order valence-electron chi connectivity index (χ0n) is 11.3. The molecule has 1 aliphatic carbocycles. The maximum Gasteiger partial charge on any atom is 0.120 e. The molecule has 1 fully saturated rings. The molecule has 102 valence electrons. The van der Waals surface area contributed by atoms with Gasteiger partial charge in [-0.15, -0.1) is 0 Å². The third kappa shape index (κ3) is 4.27. The van der Waals surface area contributed by atoms with Gasteiger partial charge in [-0.1, -0.05) is 17.9 Å². The standard InChI is InChI=1S/C16H20O3/c1-18-14-7-3-9-16(12-14)19-15-8-2-5-13(11-15)6-4-10-17/h2,5,8,11,14,16-17H,3,7,9-10,12H2,1H3. The monoisotopic (exact) mass is 260 g/mol. The van der Waals surface area contributed by atoms with E-state index in [9.17, 15) is 0 Å². The molecule has 19 heavy (non-hydrogen) atoms. The van der Waals surface area contributed by atoms with Crippen LogP contribution in [0.1, 0.15) is 31.2 Å². The Morgan fingerprint density at radius 1 is 1.32 bits per heavy atom. The van der Waals surface area contributed by atoms with E-state index in [1.54, 1.807) is 7.11 Å². The molecular formula is C16H20O3. The minimum absolute atomic E-state index is 0.122. The minimum Gasteiger partial charge on any atom is -0.490 e. The lowest BCUT2D eigenvalue weighted by atomic mass is 9.95. The maximum atomic E-state index is 8.70. The normalized spacial score (nSPS) is 22.4. The third-order valence-corrected chi connectivity index (χ3v) is 3.36. The lowest BCUT2D eigenvalue weighted by Crippen LogP contribution is -2.29. The van der Waals surface area contributed by atoms with Gasteiger partial charge in [-0.3, -0.25) is 0 Å². The molecule has 2 rings (SSSR count). The first-order chi connectivity index (χ1) is 9.31. The second-order valence-corrected chi connectivity index (χ2v) is 4.75. The molecule has 1 aromatic carbocycles. The number of methoxy groups -OCH3 is 1. The van der Waals surface area contributed by atoms with Gasteiger partial charge in [0, 0.05) is 19.1 Å². The molecule has 3 nitrogen and oxygen atoms in total. The van der Waals surface area contributed by atoms with Gasteiger partial charge in [0.1, 0.15) is 18.5 Å². The van der Waals surface area contributed by atoms with E-state index in [1.807, 2.05) is 24.3 Å². The molecule has 0 bridgehead atoms. The maximum absolute atomic E-state index is 8.70. The predicted molar refractivity (Wildman–Crippen MR) is 74.1 cm³/mol. The van der Waals surface area contributed by atoms with Gasteiger partial charge in [-0.2, -0.15) is 0 Å². The van der Waals surface area contributed by atoms with Crippen LogP contribution in [-0.2, 0) is 4.74 Å². The van der Waals surface area contributed by atoms with Gasteiger partial charge in [0.25, 0.3) is 0 Å². The lowest BCUT2D eigenvalue weighted by Gasteiger charge is -2.28. The zero-order chi connectivity index (χ0) is 13.5. The van der Waals surface area contributed by atoms with Crippen LogP contribution in [0.15, 0.2) is 24.3 Å². The summed E-state index contributed by atoms with van der Waals surface area (Å²) in [5.74, 6) is 6.37. The highest BCUT2D eigenvalue weighted by Gasteiger charge is 2.22. The van der Waals surface area contributed by atoms with Crippen molar-refractivity contribution in [2.75, 3.05) is 13.7 Å². The summed E-state index contributed by atoms with van der Waals surface area (Å²) in [6.07, 6.45) is 4.83. The van der Waals surface area contributed by atoms with Crippen LogP contribution in [0.4, 0.5) is 0 Å². The summed E-state index contributed by atoms with van der Waals surface area (Å²) in [5.41, 5.74) is 0.866. The summed E-state index contributed by atoms with van der Waals surface area (Å²) in [6.45, 7) is -0.122. The molecule has 0 aliphatic heterocycles. The second-order valence-electron chi connectivity index (χ2n) is 4.75. The first kappa shape index (κ1) is 13.9. The van der Waals surface area contributed by atoms with E-state index in [2.05, 4.69) is 11.8 Å². The van der Waals surface area contributed by atoms with Gasteiger partial charge in [0.2, 0.25) is 0 Å². The first-order valence-corrected chi connectivity index (χ1v) is 6.71. The molecule has 1 aliphatic rings. The molecule has 0 amide bonds. The average molecular weight is 260 g/mol. The summed E-state index contributed by atoms with van der Waals surface area (Å²) in [5, 5.41) is 8.70. The number of hydrogen-bond acceptors (Lipinski definition) is 3. The van der Waals surface area contributed by atoms with Crippen molar-refractivity contribution >= 4 is 0 Å². The Balaban J connectivity index is 1.98. The molecule has 1 saturated carbocycles. The predicted octanol–water partition coefficient (Wildman–Crippen LogP) is 2.37. The van der Waals surface area contributed by atoms with E-state index < -0.39 is 0 Å². The van der Waals surface area contributed by atoms with Crippen LogP contribution in [0.25, 0.3) is 0 Å². The first-order valence-electron chi connectivity index (χ1n) is 6.71. The van der Waals surface area contributed by atoms with E-state index >= 15 is 0 Å². The Labute approximate surface area is 114 Å². The molecule has 0 heterocycles. The SMILES string of the molecule is COC1CCCC(Oc2cccc(C#CCO)c2)C1. The van der Waals surface area contributed by atoms with Crippen LogP contribution in [0.5, 0.6) is 5.75 Å². The largest absolute Gasteiger partial charge is 0.490 e. The zero-order valence-corrected chi connectivity index (χ0v) is 11.3. The summed E-state index contributed by atoms with van der Waals surface area (Å²) < 4.78 is 11.4. The van der Waals surface area contributed by atoms with Crippen molar-refractivity contribution in [1.82, 2.24) is 0 Å². The fourth-order valence-electron chi connectivity index (χ4n) is 2.40. The van der Waals surface area contributed by atoms with Crippen LogP contribution >= 0.6 is 0 Å². The third-order valence-electron chi connectivity index (χ3n) is 3.36. The van der Waals surface area contributed by atoms with Crippen molar-refractivity contribution in [1.29, 1.82) is 0 Å². The summed E-state index contributed by atoms with van der Waals surface area (Å²) >= 11 is 0. The second kappa shape index (κ2) is 7.18. The van der Waals surface area contributed by atoms with E-state index in [1.165, 1.54) is 0 Å². The topological polar surface area (TPSA) is 38.7 Å². The van der Waals surface area contributed by atoms with Crippen molar-refractivity contribution in [3.63, 3.8) is 0 Å². The lowest BCUT2D eigenvalue weighted by molar-refractivity contribution is 0.0209. The van der Waals surface area contributed by atoms with E-state index in [0.29, 0.717) is 6.10 Å². The molecule has 1 aromatic rings. The Bertz CT molecular complexity index is 459. The minimum atomic E-state index is -0.122. The number of aliphatic hydroxyl groups is 1. The molecule has 2 unspecified atom stereocenters. The quantitative estimate of drug-likeness (QED) is 0.848. The van der Waals surface area contributed by atoms with Gasteiger partial charge >= 0.3 is 0 Å². The molecule has 1 N–H and O–H groups in total. The van der Waals surface area contributed by atoms with Crippen LogP contribution < -0.4 is 4.74 Å². The Morgan fingerprint density at radius 3 is 2.95 bits per heavy atom. The van der Waals surface area contributed by atoms with Gasteiger partial charge in [-0.25, -0.2) is 0 Å². The fraction of sp³-hybridized carbons (Fsp3) is 0.500. The van der Waals surface area contributed by atoms with Gasteiger partial charge in [0.15, 0.2) is 0 Å². The Kier molecular flexibility index (Phi) is 5.26. The molecule has 0 spiro atoms. The van der Waals surface area contributed by atoms with E-state index in [-0.39, 0.29) is 12.7 Å². The molecule has 0 saturated heterocycles. The fourth-order valence-corrected chi connectivity index (χ4v) is 2.40. The van der Waals surface area contributed by atoms with Gasteiger partial charge in [0.05, 0.1) is 6.10 Å². The van der Waals surface area contributed by atoms with Gasteiger partial charge < -0.3 is 14.6 Å². The summed E-state index contributed by atoms with van der Waals surface area (Å²) in [4.78, 5) is 0. The molecular weight excluding hydrogens is 240 g/mol. The molecule has 2 atom stereocenters.